The van der Waals surface area contributed by atoms with Gasteiger partial charge in [0.1, 0.15) is 16.8 Å². The van der Waals surface area contributed by atoms with Gasteiger partial charge in [0.15, 0.2) is 11.5 Å². The van der Waals surface area contributed by atoms with Gasteiger partial charge in [-0.15, -0.1) is 0 Å². The molecule has 0 saturated heterocycles. The van der Waals surface area contributed by atoms with Crippen LogP contribution in [-0.4, -0.2) is 21.9 Å². The van der Waals surface area contributed by atoms with Gasteiger partial charge in [-0.2, -0.15) is 0 Å². The molecule has 0 bridgehead atoms. The second-order valence-corrected chi connectivity index (χ2v) is 10.0. The van der Waals surface area contributed by atoms with E-state index in [0.717, 1.165) is 38.5 Å². The molecule has 0 spiro atoms. The zero-order valence-corrected chi connectivity index (χ0v) is 17.8. The molecule has 0 atom stereocenters. The fourth-order valence-corrected chi connectivity index (χ4v) is 5.24. The lowest BCUT2D eigenvalue weighted by molar-refractivity contribution is 0.0468. The van der Waals surface area contributed by atoms with Crippen molar-refractivity contribution in [3.05, 3.63) is 12.1 Å². The third-order valence-electron chi connectivity index (χ3n) is 7.09. The molecule has 3 saturated carbocycles. The van der Waals surface area contributed by atoms with Crippen molar-refractivity contribution in [2.24, 2.45) is 0 Å². The van der Waals surface area contributed by atoms with Crippen molar-refractivity contribution in [2.45, 2.75) is 115 Å². The number of benzene rings is 1. The van der Waals surface area contributed by atoms with Gasteiger partial charge >= 0.3 is 0 Å². The maximum Gasteiger partial charge on any atom is 0.208 e. The van der Waals surface area contributed by atoms with Crippen LogP contribution >= 0.6 is 0 Å². The van der Waals surface area contributed by atoms with Gasteiger partial charge in [0, 0.05) is 0 Å². The molecule has 0 unspecified atom stereocenters. The van der Waals surface area contributed by atoms with E-state index in [0.29, 0.717) is 17.2 Å². The summed E-state index contributed by atoms with van der Waals surface area (Å²) < 4.78 is 19.6. The number of ether oxygens (including phenoxy) is 3. The lowest BCUT2D eigenvalue weighted by Crippen LogP contribution is -2.32. The summed E-state index contributed by atoms with van der Waals surface area (Å²) >= 11 is 0. The number of phenols is 1. The van der Waals surface area contributed by atoms with Crippen LogP contribution < -0.4 is 14.2 Å². The quantitative estimate of drug-likeness (QED) is 0.602. The normalized spacial score (nSPS) is 25.0. The number of hydrogen-bond donors (Lipinski definition) is 1. The van der Waals surface area contributed by atoms with Crippen LogP contribution in [0.15, 0.2) is 12.1 Å². The fraction of sp³-hybridized carbons (Fsp3) is 0.750. The summed E-state index contributed by atoms with van der Waals surface area (Å²) in [4.78, 5) is 0. The van der Waals surface area contributed by atoms with Crippen molar-refractivity contribution in [1.29, 1.82) is 0 Å². The minimum absolute atomic E-state index is 0.147. The minimum atomic E-state index is -0.248. The molecule has 0 aromatic heterocycles. The molecule has 1 N–H and O–H groups in total. The Kier molecular flexibility index (Phi) is 5.18. The SMILES string of the molecule is CC1(Oc2ccc(O)c(OC3(C)CCCC3)c2OC2(C)CCCC2)CCCC1. The van der Waals surface area contributed by atoms with E-state index in [-0.39, 0.29) is 22.6 Å². The monoisotopic (exact) mass is 388 g/mol. The summed E-state index contributed by atoms with van der Waals surface area (Å²) in [6.07, 6.45) is 13.3. The summed E-state index contributed by atoms with van der Waals surface area (Å²) in [7, 11) is 0. The van der Waals surface area contributed by atoms with Crippen LogP contribution in [-0.2, 0) is 0 Å². The Hall–Kier alpha value is -1.58. The molecular weight excluding hydrogens is 352 g/mol. The molecular formula is C24H36O4. The van der Waals surface area contributed by atoms with Gasteiger partial charge in [-0.25, -0.2) is 0 Å². The van der Waals surface area contributed by atoms with Crippen molar-refractivity contribution in [3.8, 4) is 23.0 Å². The van der Waals surface area contributed by atoms with Crippen molar-refractivity contribution in [1.82, 2.24) is 0 Å². The summed E-state index contributed by atoms with van der Waals surface area (Å²) in [5.41, 5.74) is -0.639. The van der Waals surface area contributed by atoms with Crippen LogP contribution in [0.2, 0.25) is 0 Å². The van der Waals surface area contributed by atoms with E-state index in [9.17, 15) is 5.11 Å². The summed E-state index contributed by atoms with van der Waals surface area (Å²) in [5.74, 6) is 1.93. The minimum Gasteiger partial charge on any atom is -0.504 e. The van der Waals surface area contributed by atoms with Gasteiger partial charge in [-0.3, -0.25) is 0 Å². The molecule has 4 rings (SSSR count). The maximum absolute atomic E-state index is 10.7. The van der Waals surface area contributed by atoms with E-state index in [4.69, 9.17) is 14.2 Å². The van der Waals surface area contributed by atoms with Crippen molar-refractivity contribution < 1.29 is 19.3 Å². The number of phenolic OH excluding ortho intramolecular Hbond substituents is 1. The Bertz CT molecular complexity index is 693. The molecule has 28 heavy (non-hydrogen) atoms. The van der Waals surface area contributed by atoms with Crippen LogP contribution in [0.25, 0.3) is 0 Å². The number of hydrogen-bond acceptors (Lipinski definition) is 4. The highest BCUT2D eigenvalue weighted by Gasteiger charge is 2.39. The van der Waals surface area contributed by atoms with Crippen LogP contribution in [0.3, 0.4) is 0 Å². The molecule has 4 heteroatoms. The molecule has 1 aromatic rings. The topological polar surface area (TPSA) is 47.9 Å². The molecule has 3 fully saturated rings. The van der Waals surface area contributed by atoms with Crippen molar-refractivity contribution in [3.63, 3.8) is 0 Å². The van der Waals surface area contributed by atoms with Gasteiger partial charge in [-0.05, 0) is 110 Å². The molecule has 156 valence electrons. The van der Waals surface area contributed by atoms with E-state index < -0.39 is 0 Å². The van der Waals surface area contributed by atoms with Gasteiger partial charge < -0.3 is 19.3 Å². The lowest BCUT2D eigenvalue weighted by Gasteiger charge is -2.34. The number of aromatic hydroxyl groups is 1. The first kappa shape index (κ1) is 19.7. The Morgan fingerprint density at radius 2 is 1.00 bits per heavy atom. The second-order valence-electron chi connectivity index (χ2n) is 10.0. The molecule has 4 nitrogen and oxygen atoms in total. The zero-order valence-electron chi connectivity index (χ0n) is 17.8. The average molecular weight is 389 g/mol. The predicted octanol–water partition coefficient (Wildman–Crippen LogP) is 6.53. The molecule has 0 heterocycles. The number of rotatable bonds is 6. The smallest absolute Gasteiger partial charge is 0.208 e. The van der Waals surface area contributed by atoms with Crippen molar-refractivity contribution in [2.75, 3.05) is 0 Å². The molecule has 0 amide bonds. The predicted molar refractivity (Wildman–Crippen MR) is 111 cm³/mol. The van der Waals surface area contributed by atoms with Crippen LogP contribution in [0.4, 0.5) is 0 Å². The molecule has 3 aliphatic rings. The van der Waals surface area contributed by atoms with E-state index in [1.54, 1.807) is 6.07 Å². The molecule has 3 aliphatic carbocycles. The Labute approximate surface area is 169 Å². The highest BCUT2D eigenvalue weighted by molar-refractivity contribution is 5.59. The Morgan fingerprint density at radius 3 is 1.46 bits per heavy atom. The average Bonchev–Trinajstić information content (AvgIpc) is 3.37. The third-order valence-corrected chi connectivity index (χ3v) is 7.09. The van der Waals surface area contributed by atoms with Gasteiger partial charge in [0.05, 0.1) is 0 Å². The standard InChI is InChI=1S/C24H36O4/c1-22(12-4-5-13-22)26-19-11-10-18(25)20(27-23(2)14-6-7-15-23)21(19)28-24(3)16-8-9-17-24/h10-11,25H,4-9,12-17H2,1-3H3. The maximum atomic E-state index is 10.7. The molecule has 0 radical (unpaired) electrons. The van der Waals surface area contributed by atoms with Crippen molar-refractivity contribution >= 4 is 0 Å². The highest BCUT2D eigenvalue weighted by Crippen LogP contribution is 2.51. The van der Waals surface area contributed by atoms with Gasteiger partial charge in [0.2, 0.25) is 11.5 Å². The fourth-order valence-electron chi connectivity index (χ4n) is 5.24. The van der Waals surface area contributed by atoms with Crippen LogP contribution in [0, 0.1) is 0 Å². The van der Waals surface area contributed by atoms with Crippen LogP contribution in [0.5, 0.6) is 23.0 Å². The second kappa shape index (κ2) is 7.35. The highest BCUT2D eigenvalue weighted by atomic mass is 16.6. The first-order valence-corrected chi connectivity index (χ1v) is 11.2. The molecule has 0 aliphatic heterocycles. The lowest BCUT2D eigenvalue weighted by atomic mass is 10.0. The van der Waals surface area contributed by atoms with Crippen LogP contribution in [0.1, 0.15) is 97.8 Å². The zero-order chi connectivity index (χ0) is 19.8. The summed E-state index contributed by atoms with van der Waals surface area (Å²) in [6.45, 7) is 6.51. The Balaban J connectivity index is 1.71. The third kappa shape index (κ3) is 4.06. The van der Waals surface area contributed by atoms with Gasteiger partial charge in [-0.1, -0.05) is 0 Å². The van der Waals surface area contributed by atoms with E-state index in [2.05, 4.69) is 20.8 Å². The Morgan fingerprint density at radius 1 is 0.607 bits per heavy atom. The van der Waals surface area contributed by atoms with E-state index in [1.165, 1.54) is 38.5 Å². The largest absolute Gasteiger partial charge is 0.504 e. The summed E-state index contributed by atoms with van der Waals surface area (Å²) in [5, 5.41) is 10.7. The molecule has 1 aromatic carbocycles. The van der Waals surface area contributed by atoms with Gasteiger partial charge in [0.25, 0.3) is 0 Å². The first-order valence-electron chi connectivity index (χ1n) is 11.2. The summed E-state index contributed by atoms with van der Waals surface area (Å²) in [6, 6.07) is 3.56. The first-order chi connectivity index (χ1) is 13.3. The van der Waals surface area contributed by atoms with E-state index >= 15 is 0 Å². The van der Waals surface area contributed by atoms with E-state index in [1.807, 2.05) is 6.07 Å².